The summed E-state index contributed by atoms with van der Waals surface area (Å²) in [5, 5.41) is 18.8. The molecule has 0 radical (unpaired) electrons. The van der Waals surface area contributed by atoms with Gasteiger partial charge in [0.25, 0.3) is 5.56 Å². The van der Waals surface area contributed by atoms with Gasteiger partial charge in [0.15, 0.2) is 0 Å². The van der Waals surface area contributed by atoms with E-state index in [9.17, 15) is 15.3 Å². The summed E-state index contributed by atoms with van der Waals surface area (Å²) in [7, 11) is 3.56. The van der Waals surface area contributed by atoms with Gasteiger partial charge in [0.1, 0.15) is 28.9 Å². The number of aryl methyl sites for hydroxylation is 1. The average Bonchev–Trinajstić information content (AvgIpc) is 2.64. The van der Waals surface area contributed by atoms with Gasteiger partial charge in [0, 0.05) is 20.1 Å². The van der Waals surface area contributed by atoms with Crippen LogP contribution in [0.2, 0.25) is 0 Å². The molecular formula is C19H21N5O. The van der Waals surface area contributed by atoms with Gasteiger partial charge >= 0.3 is 0 Å². The van der Waals surface area contributed by atoms with Gasteiger partial charge in [-0.1, -0.05) is 6.92 Å². The van der Waals surface area contributed by atoms with Gasteiger partial charge in [-0.3, -0.25) is 4.79 Å². The first kappa shape index (κ1) is 17.0. The van der Waals surface area contributed by atoms with Crippen molar-refractivity contribution >= 4 is 16.7 Å². The van der Waals surface area contributed by atoms with Crippen molar-refractivity contribution < 1.29 is 0 Å². The molecule has 1 aliphatic carbocycles. The van der Waals surface area contributed by atoms with Crippen molar-refractivity contribution in [2.45, 2.75) is 38.6 Å². The van der Waals surface area contributed by atoms with Crippen molar-refractivity contribution in [3.63, 3.8) is 0 Å². The molecule has 128 valence electrons. The number of aromatic nitrogens is 2. The molecule has 6 heteroatoms. The standard InChI is InChI=1S/C19H21N5O/c1-12-4-7-14(8-5-12)23(2)18-15(11-21)19(25)24(3)16-9-6-13(10-20)22-17(16)18/h6,9,12,14H,4-5,7-8H2,1-3H3. The summed E-state index contributed by atoms with van der Waals surface area (Å²) in [6, 6.07) is 7.70. The molecule has 0 atom stereocenters. The highest BCUT2D eigenvalue weighted by atomic mass is 16.1. The third-order valence-electron chi connectivity index (χ3n) is 5.33. The highest BCUT2D eigenvalue weighted by Gasteiger charge is 2.27. The van der Waals surface area contributed by atoms with E-state index in [2.05, 4.69) is 18.0 Å². The normalized spacial score (nSPS) is 20.0. The maximum absolute atomic E-state index is 12.6. The fourth-order valence-corrected chi connectivity index (χ4v) is 3.71. The van der Waals surface area contributed by atoms with Crippen molar-refractivity contribution in [3.05, 3.63) is 33.7 Å². The molecule has 1 aliphatic rings. The Hall–Kier alpha value is -2.86. The van der Waals surface area contributed by atoms with Crippen molar-refractivity contribution in [2.75, 3.05) is 11.9 Å². The SMILES string of the molecule is CC1CCC(N(C)c2c(C#N)c(=O)n(C)c3ccc(C#N)nc23)CC1. The summed E-state index contributed by atoms with van der Waals surface area (Å²) in [4.78, 5) is 19.1. The predicted octanol–water partition coefficient (Wildman–Crippen LogP) is 2.69. The highest BCUT2D eigenvalue weighted by molar-refractivity contribution is 5.92. The Bertz CT molecular complexity index is 955. The Kier molecular flexibility index (Phi) is 4.46. The average molecular weight is 335 g/mol. The second-order valence-electron chi connectivity index (χ2n) is 6.90. The topological polar surface area (TPSA) is 85.7 Å². The lowest BCUT2D eigenvalue weighted by Gasteiger charge is -2.35. The number of fused-ring (bicyclic) bond motifs is 1. The van der Waals surface area contributed by atoms with Crippen LogP contribution >= 0.6 is 0 Å². The third kappa shape index (κ3) is 2.85. The Morgan fingerprint density at radius 3 is 2.48 bits per heavy atom. The zero-order chi connectivity index (χ0) is 18.1. The number of nitrogens with zero attached hydrogens (tertiary/aromatic N) is 5. The molecule has 1 fully saturated rings. The Morgan fingerprint density at radius 1 is 1.20 bits per heavy atom. The first-order chi connectivity index (χ1) is 12.0. The molecule has 0 spiro atoms. The second-order valence-corrected chi connectivity index (χ2v) is 6.90. The van der Waals surface area contributed by atoms with E-state index in [4.69, 9.17) is 0 Å². The Morgan fingerprint density at radius 2 is 1.88 bits per heavy atom. The first-order valence-electron chi connectivity index (χ1n) is 8.54. The monoisotopic (exact) mass is 335 g/mol. The van der Waals surface area contributed by atoms with Crippen LogP contribution < -0.4 is 10.5 Å². The highest BCUT2D eigenvalue weighted by Crippen LogP contribution is 2.33. The third-order valence-corrected chi connectivity index (χ3v) is 5.33. The van der Waals surface area contributed by atoms with Crippen LogP contribution in [0.1, 0.15) is 43.9 Å². The molecule has 6 nitrogen and oxygen atoms in total. The van der Waals surface area contributed by atoms with Gasteiger partial charge in [-0.05, 0) is 43.7 Å². The number of anilines is 1. The van der Waals surface area contributed by atoms with Gasteiger partial charge in [0.05, 0.1) is 11.2 Å². The van der Waals surface area contributed by atoms with Crippen molar-refractivity contribution in [3.8, 4) is 12.1 Å². The Balaban J connectivity index is 2.25. The molecule has 0 bridgehead atoms. The fourth-order valence-electron chi connectivity index (χ4n) is 3.71. The van der Waals surface area contributed by atoms with Crippen LogP contribution in [0, 0.1) is 28.6 Å². The van der Waals surface area contributed by atoms with Crippen LogP contribution in [0.5, 0.6) is 0 Å². The summed E-state index contributed by atoms with van der Waals surface area (Å²) in [5.41, 5.74) is 1.78. The van der Waals surface area contributed by atoms with Gasteiger partial charge < -0.3 is 9.47 Å². The summed E-state index contributed by atoms with van der Waals surface area (Å²) >= 11 is 0. The Labute approximate surface area is 146 Å². The van der Waals surface area contributed by atoms with Gasteiger partial charge in [-0.2, -0.15) is 10.5 Å². The number of hydrogen-bond acceptors (Lipinski definition) is 5. The van der Waals surface area contributed by atoms with Crippen molar-refractivity contribution in [1.82, 2.24) is 9.55 Å². The molecule has 3 rings (SSSR count). The summed E-state index contributed by atoms with van der Waals surface area (Å²) in [6.45, 7) is 2.26. The zero-order valence-electron chi connectivity index (χ0n) is 14.8. The van der Waals surface area contributed by atoms with Gasteiger partial charge in [-0.15, -0.1) is 0 Å². The van der Waals surface area contributed by atoms with Crippen LogP contribution in [-0.2, 0) is 7.05 Å². The number of hydrogen-bond donors (Lipinski definition) is 0. The molecule has 2 aromatic heterocycles. The van der Waals surface area contributed by atoms with Crippen LogP contribution in [0.15, 0.2) is 16.9 Å². The van der Waals surface area contributed by atoms with Crippen LogP contribution in [0.3, 0.4) is 0 Å². The van der Waals surface area contributed by atoms with E-state index in [0.29, 0.717) is 22.6 Å². The fraction of sp³-hybridized carbons (Fsp3) is 0.474. The molecule has 0 N–H and O–H groups in total. The van der Waals surface area contributed by atoms with Crippen molar-refractivity contribution in [1.29, 1.82) is 10.5 Å². The van der Waals surface area contributed by atoms with Crippen molar-refractivity contribution in [2.24, 2.45) is 13.0 Å². The summed E-state index contributed by atoms with van der Waals surface area (Å²) < 4.78 is 1.43. The molecule has 0 saturated heterocycles. The largest absolute Gasteiger partial charge is 0.369 e. The van der Waals surface area contributed by atoms with E-state index in [1.165, 1.54) is 4.57 Å². The minimum Gasteiger partial charge on any atom is -0.369 e. The lowest BCUT2D eigenvalue weighted by Crippen LogP contribution is -2.37. The zero-order valence-corrected chi connectivity index (χ0v) is 14.8. The summed E-state index contributed by atoms with van der Waals surface area (Å²) in [6.07, 6.45) is 4.32. The lowest BCUT2D eigenvalue weighted by molar-refractivity contribution is 0.341. The number of rotatable bonds is 2. The van der Waals surface area contributed by atoms with Crippen LogP contribution in [0.25, 0.3) is 11.0 Å². The minimum atomic E-state index is -0.326. The molecule has 0 unspecified atom stereocenters. The maximum atomic E-state index is 12.6. The second kappa shape index (κ2) is 6.57. The molecule has 25 heavy (non-hydrogen) atoms. The summed E-state index contributed by atoms with van der Waals surface area (Å²) in [5.74, 6) is 0.712. The molecule has 1 saturated carbocycles. The van der Waals surface area contributed by atoms with E-state index >= 15 is 0 Å². The first-order valence-corrected chi connectivity index (χ1v) is 8.54. The van der Waals surface area contributed by atoms with Crippen LogP contribution in [-0.4, -0.2) is 22.6 Å². The predicted molar refractivity (Wildman–Crippen MR) is 96.2 cm³/mol. The molecule has 0 aliphatic heterocycles. The number of pyridine rings is 2. The minimum absolute atomic E-state index is 0.0960. The van der Waals surface area contributed by atoms with E-state index < -0.39 is 0 Å². The molecule has 0 aromatic carbocycles. The van der Waals surface area contributed by atoms with E-state index in [-0.39, 0.29) is 22.9 Å². The maximum Gasteiger partial charge on any atom is 0.270 e. The smallest absolute Gasteiger partial charge is 0.270 e. The molecule has 2 aromatic rings. The van der Waals surface area contributed by atoms with E-state index in [1.54, 1.807) is 19.2 Å². The lowest BCUT2D eigenvalue weighted by atomic mass is 9.86. The molecule has 2 heterocycles. The van der Waals surface area contributed by atoms with Crippen LogP contribution in [0.4, 0.5) is 5.69 Å². The van der Waals surface area contributed by atoms with Gasteiger partial charge in [-0.25, -0.2) is 4.98 Å². The van der Waals surface area contributed by atoms with Gasteiger partial charge in [0.2, 0.25) is 0 Å². The quantitative estimate of drug-likeness (QED) is 0.842. The molecule has 0 amide bonds. The van der Waals surface area contributed by atoms with E-state index in [0.717, 1.165) is 25.7 Å². The van der Waals surface area contributed by atoms with E-state index in [1.807, 2.05) is 18.0 Å². The molecular weight excluding hydrogens is 314 g/mol. The number of nitriles is 2.